The monoisotopic (exact) mass is 367 g/mol. The molecule has 5 heteroatoms. The molecule has 0 fully saturated rings. The minimum absolute atomic E-state index is 0.146. The highest BCUT2D eigenvalue weighted by molar-refractivity contribution is 5.79. The Morgan fingerprint density at radius 1 is 0.926 bits per heavy atom. The highest BCUT2D eigenvalue weighted by Crippen LogP contribution is 2.18. The van der Waals surface area contributed by atoms with E-state index in [2.05, 4.69) is 36.6 Å². The number of carbonyl (C=O) groups excluding carboxylic acids is 2. The molecule has 5 nitrogen and oxygen atoms in total. The summed E-state index contributed by atoms with van der Waals surface area (Å²) < 4.78 is 0. The van der Waals surface area contributed by atoms with E-state index in [4.69, 9.17) is 5.73 Å². The van der Waals surface area contributed by atoms with Crippen molar-refractivity contribution >= 4 is 11.8 Å². The fourth-order valence-electron chi connectivity index (χ4n) is 2.91. The van der Waals surface area contributed by atoms with Crippen LogP contribution in [0.3, 0.4) is 0 Å². The van der Waals surface area contributed by atoms with Gasteiger partial charge in [-0.15, -0.1) is 0 Å². The van der Waals surface area contributed by atoms with Crippen molar-refractivity contribution in [2.24, 2.45) is 5.73 Å². The Kier molecular flexibility index (Phi) is 7.55. The van der Waals surface area contributed by atoms with Crippen LogP contribution in [0.2, 0.25) is 0 Å². The van der Waals surface area contributed by atoms with Crippen molar-refractivity contribution in [3.05, 3.63) is 71.3 Å². The lowest BCUT2D eigenvalue weighted by molar-refractivity contribution is -0.122. The summed E-state index contributed by atoms with van der Waals surface area (Å²) in [7, 11) is 0. The van der Waals surface area contributed by atoms with Crippen LogP contribution in [0.15, 0.2) is 54.6 Å². The highest BCUT2D eigenvalue weighted by atomic mass is 16.2. The smallest absolute Gasteiger partial charge is 0.222 e. The Morgan fingerprint density at radius 2 is 1.52 bits per heavy atom. The molecule has 4 N–H and O–H groups in total. The Labute approximate surface area is 161 Å². The van der Waals surface area contributed by atoms with Gasteiger partial charge in [0.1, 0.15) is 0 Å². The molecule has 2 amide bonds. The van der Waals surface area contributed by atoms with Crippen LogP contribution >= 0.6 is 0 Å². The van der Waals surface area contributed by atoms with Crippen LogP contribution in [-0.2, 0) is 9.59 Å². The lowest BCUT2D eigenvalue weighted by Gasteiger charge is -2.19. The normalized spacial score (nSPS) is 13.1. The molecule has 0 bridgehead atoms. The predicted octanol–water partition coefficient (Wildman–Crippen LogP) is 3.19. The predicted molar refractivity (Wildman–Crippen MR) is 108 cm³/mol. The van der Waals surface area contributed by atoms with Crippen LogP contribution < -0.4 is 16.4 Å². The maximum Gasteiger partial charge on any atom is 0.222 e. The van der Waals surface area contributed by atoms with Gasteiger partial charge in [-0.25, -0.2) is 0 Å². The summed E-state index contributed by atoms with van der Waals surface area (Å²) in [5, 5.41) is 5.71. The van der Waals surface area contributed by atoms with Crippen LogP contribution in [0, 0.1) is 0 Å². The molecule has 0 spiro atoms. The van der Waals surface area contributed by atoms with Crippen molar-refractivity contribution in [3.63, 3.8) is 0 Å². The van der Waals surface area contributed by atoms with Crippen LogP contribution in [-0.4, -0.2) is 18.4 Å². The third-order valence-electron chi connectivity index (χ3n) is 4.52. The van der Waals surface area contributed by atoms with E-state index in [0.29, 0.717) is 12.5 Å². The van der Waals surface area contributed by atoms with Crippen LogP contribution in [0.5, 0.6) is 0 Å². The number of amides is 2. The Bertz CT molecular complexity index is 742. The van der Waals surface area contributed by atoms with Gasteiger partial charge in [0, 0.05) is 19.5 Å². The summed E-state index contributed by atoms with van der Waals surface area (Å²) in [6.07, 6.45) is 0.169. The van der Waals surface area contributed by atoms with Gasteiger partial charge in [0.25, 0.3) is 0 Å². The number of nitrogens with two attached hydrogens (primary N) is 1. The van der Waals surface area contributed by atoms with Gasteiger partial charge >= 0.3 is 0 Å². The molecule has 0 aliphatic carbocycles. The molecule has 0 aliphatic heterocycles. The van der Waals surface area contributed by atoms with E-state index in [0.717, 1.165) is 11.1 Å². The van der Waals surface area contributed by atoms with E-state index in [-0.39, 0.29) is 30.3 Å². The van der Waals surface area contributed by atoms with E-state index < -0.39 is 0 Å². The number of nitrogens with one attached hydrogen (secondary N) is 2. The Hall–Kier alpha value is -2.66. The Morgan fingerprint density at radius 3 is 2.07 bits per heavy atom. The molecular formula is C22H29N3O2. The van der Waals surface area contributed by atoms with E-state index in [1.54, 1.807) is 0 Å². The van der Waals surface area contributed by atoms with Gasteiger partial charge < -0.3 is 16.4 Å². The fourth-order valence-corrected chi connectivity index (χ4v) is 2.91. The van der Waals surface area contributed by atoms with Crippen molar-refractivity contribution in [2.75, 3.05) is 6.54 Å². The number of carbonyl (C=O) groups is 2. The number of benzene rings is 2. The van der Waals surface area contributed by atoms with Crippen LogP contribution in [0.25, 0.3) is 0 Å². The van der Waals surface area contributed by atoms with E-state index in [1.165, 1.54) is 12.5 Å². The quantitative estimate of drug-likeness (QED) is 0.670. The Balaban J connectivity index is 1.92. The molecule has 2 atom stereocenters. The molecule has 144 valence electrons. The first-order valence-corrected chi connectivity index (χ1v) is 9.31. The SMILES string of the molecule is CC(=O)NC(CC(=O)NCC(N)c1ccc(C(C)C)cc1)c1ccccc1. The molecule has 2 aromatic rings. The zero-order valence-electron chi connectivity index (χ0n) is 16.2. The molecule has 2 unspecified atom stereocenters. The van der Waals surface area contributed by atoms with Crippen molar-refractivity contribution in [1.82, 2.24) is 10.6 Å². The maximum atomic E-state index is 12.4. The third kappa shape index (κ3) is 6.53. The largest absolute Gasteiger partial charge is 0.354 e. The molecular weight excluding hydrogens is 338 g/mol. The first kappa shape index (κ1) is 20.6. The molecule has 2 rings (SSSR count). The van der Waals surface area contributed by atoms with Crippen LogP contribution in [0.1, 0.15) is 61.9 Å². The summed E-state index contributed by atoms with van der Waals surface area (Å²) in [5.41, 5.74) is 9.35. The highest BCUT2D eigenvalue weighted by Gasteiger charge is 2.17. The lowest BCUT2D eigenvalue weighted by Crippen LogP contribution is -2.35. The van der Waals surface area contributed by atoms with Crippen molar-refractivity contribution in [2.45, 2.75) is 45.2 Å². The topological polar surface area (TPSA) is 84.2 Å². The van der Waals surface area contributed by atoms with E-state index in [9.17, 15) is 9.59 Å². The standard InChI is InChI=1S/C22H29N3O2/c1-15(2)17-9-11-18(12-10-17)20(23)14-24-22(27)13-21(25-16(3)26)19-7-5-4-6-8-19/h4-12,15,20-21H,13-14,23H2,1-3H3,(H,24,27)(H,25,26). The molecule has 0 aliphatic rings. The minimum Gasteiger partial charge on any atom is -0.354 e. The van der Waals surface area contributed by atoms with Crippen molar-refractivity contribution in [1.29, 1.82) is 0 Å². The molecule has 0 saturated carbocycles. The van der Waals surface area contributed by atoms with Gasteiger partial charge in [-0.05, 0) is 22.6 Å². The second kappa shape index (κ2) is 9.88. The van der Waals surface area contributed by atoms with E-state index in [1.807, 2.05) is 42.5 Å². The summed E-state index contributed by atoms with van der Waals surface area (Å²) >= 11 is 0. The number of rotatable bonds is 8. The van der Waals surface area contributed by atoms with Gasteiger partial charge in [-0.3, -0.25) is 9.59 Å². The minimum atomic E-state index is -0.356. The van der Waals surface area contributed by atoms with Crippen molar-refractivity contribution in [3.8, 4) is 0 Å². The first-order chi connectivity index (χ1) is 12.9. The second-order valence-corrected chi connectivity index (χ2v) is 7.10. The lowest BCUT2D eigenvalue weighted by atomic mass is 9.99. The zero-order valence-corrected chi connectivity index (χ0v) is 16.2. The molecule has 0 heterocycles. The summed E-state index contributed by atoms with van der Waals surface area (Å²) in [6.45, 7) is 6.09. The van der Waals surface area contributed by atoms with Gasteiger partial charge in [0.05, 0.1) is 12.5 Å². The molecule has 2 aromatic carbocycles. The molecule has 0 saturated heterocycles. The first-order valence-electron chi connectivity index (χ1n) is 9.31. The summed E-state index contributed by atoms with van der Waals surface area (Å²) in [6, 6.07) is 17.0. The average molecular weight is 367 g/mol. The van der Waals surface area contributed by atoms with Gasteiger partial charge in [0.15, 0.2) is 0 Å². The zero-order chi connectivity index (χ0) is 19.8. The fraction of sp³-hybridized carbons (Fsp3) is 0.364. The van der Waals surface area contributed by atoms with Crippen molar-refractivity contribution < 1.29 is 9.59 Å². The summed E-state index contributed by atoms with van der Waals surface area (Å²) in [4.78, 5) is 23.8. The average Bonchev–Trinajstić information content (AvgIpc) is 2.66. The van der Waals surface area contributed by atoms with Gasteiger partial charge in [0.2, 0.25) is 11.8 Å². The molecule has 27 heavy (non-hydrogen) atoms. The van der Waals surface area contributed by atoms with E-state index >= 15 is 0 Å². The maximum absolute atomic E-state index is 12.4. The third-order valence-corrected chi connectivity index (χ3v) is 4.52. The van der Waals surface area contributed by atoms with Gasteiger partial charge in [-0.1, -0.05) is 68.4 Å². The number of hydrogen-bond acceptors (Lipinski definition) is 3. The van der Waals surface area contributed by atoms with Gasteiger partial charge in [-0.2, -0.15) is 0 Å². The van der Waals surface area contributed by atoms with Crippen LogP contribution in [0.4, 0.5) is 0 Å². The molecule has 0 aromatic heterocycles. The number of hydrogen-bond donors (Lipinski definition) is 3. The molecule has 0 radical (unpaired) electrons. The summed E-state index contributed by atoms with van der Waals surface area (Å²) in [5.74, 6) is 0.157. The second-order valence-electron chi connectivity index (χ2n) is 7.10.